The van der Waals surface area contributed by atoms with Gasteiger partial charge in [-0.05, 0) is 45.1 Å². The van der Waals surface area contributed by atoms with Crippen molar-refractivity contribution >= 4 is 35.4 Å². The van der Waals surface area contributed by atoms with Crippen LogP contribution < -0.4 is 16.0 Å². The molecule has 0 saturated heterocycles. The molecule has 2 heterocycles. The minimum Gasteiger partial charge on any atom is -0.441 e. The Balaban J connectivity index is 2.15. The van der Waals surface area contributed by atoms with Crippen molar-refractivity contribution in [3.05, 3.63) is 41.1 Å². The summed E-state index contributed by atoms with van der Waals surface area (Å²) in [6, 6.07) is 2.95. The summed E-state index contributed by atoms with van der Waals surface area (Å²) < 4.78 is 6.82. The number of nitrogens with zero attached hydrogens (tertiary/aromatic N) is 4. The van der Waals surface area contributed by atoms with Crippen LogP contribution in [-0.4, -0.2) is 44.8 Å². The van der Waals surface area contributed by atoms with Gasteiger partial charge in [-0.3, -0.25) is 10.6 Å². The van der Waals surface area contributed by atoms with E-state index in [1.807, 2.05) is 6.92 Å². The lowest BCUT2D eigenvalue weighted by atomic mass is 10.1. The molecule has 0 spiro atoms. The molecule has 0 fully saturated rings. The maximum absolute atomic E-state index is 12.5. The van der Waals surface area contributed by atoms with E-state index in [1.165, 1.54) is 17.0 Å². The topological polar surface area (TPSA) is 123 Å². The first kappa shape index (κ1) is 24.4. The summed E-state index contributed by atoms with van der Waals surface area (Å²) in [6.45, 7) is 5.66. The Labute approximate surface area is 191 Å². The number of carbonyl (C=O) groups excluding carboxylic acids is 2. The second kappa shape index (κ2) is 11.5. The van der Waals surface area contributed by atoms with E-state index in [-0.39, 0.29) is 6.03 Å². The summed E-state index contributed by atoms with van der Waals surface area (Å²) in [5, 5.41) is 16.3. The van der Waals surface area contributed by atoms with Crippen molar-refractivity contribution in [3.8, 4) is 23.6 Å². The Hall–Kier alpha value is -3.84. The van der Waals surface area contributed by atoms with Crippen LogP contribution in [0, 0.1) is 12.3 Å². The maximum Gasteiger partial charge on any atom is 0.413 e. The van der Waals surface area contributed by atoms with Crippen molar-refractivity contribution in [3.63, 3.8) is 0 Å². The SMILES string of the molecule is C#C/C=C\C(=C(/C)Cl)[C@@H](C)OC(=O)Nc1c(-c2ccc(NC(=O)NCC)nc2)nnn1C. The fourth-order valence-electron chi connectivity index (χ4n) is 2.64. The number of aryl methyl sites for hydroxylation is 1. The first-order chi connectivity index (χ1) is 15.3. The molecule has 32 heavy (non-hydrogen) atoms. The van der Waals surface area contributed by atoms with Crippen molar-refractivity contribution in [1.82, 2.24) is 25.3 Å². The predicted octanol–water partition coefficient (Wildman–Crippen LogP) is 3.66. The molecule has 0 unspecified atom stereocenters. The lowest BCUT2D eigenvalue weighted by Crippen LogP contribution is -2.28. The van der Waals surface area contributed by atoms with E-state index in [4.69, 9.17) is 22.8 Å². The number of hydrogen-bond acceptors (Lipinski definition) is 6. The van der Waals surface area contributed by atoms with Crippen LogP contribution in [0.25, 0.3) is 11.3 Å². The average molecular weight is 458 g/mol. The first-order valence-corrected chi connectivity index (χ1v) is 10.0. The van der Waals surface area contributed by atoms with Crippen LogP contribution in [0.3, 0.4) is 0 Å². The number of pyridine rings is 1. The van der Waals surface area contributed by atoms with Gasteiger partial charge in [0.1, 0.15) is 17.6 Å². The molecule has 2 aromatic rings. The summed E-state index contributed by atoms with van der Waals surface area (Å²) in [5.41, 5.74) is 1.53. The number of hydrogen-bond donors (Lipinski definition) is 3. The minimum atomic E-state index is -0.726. The van der Waals surface area contributed by atoms with Crippen LogP contribution in [-0.2, 0) is 11.8 Å². The number of terminal acetylenes is 1. The molecule has 3 amide bonds. The number of amides is 3. The van der Waals surface area contributed by atoms with E-state index in [2.05, 4.69) is 37.2 Å². The minimum absolute atomic E-state index is 0.306. The smallest absolute Gasteiger partial charge is 0.413 e. The van der Waals surface area contributed by atoms with Gasteiger partial charge >= 0.3 is 12.1 Å². The first-order valence-electron chi connectivity index (χ1n) is 9.64. The van der Waals surface area contributed by atoms with Crippen LogP contribution >= 0.6 is 11.6 Å². The number of anilines is 2. The highest BCUT2D eigenvalue weighted by Crippen LogP contribution is 2.26. The number of rotatable bonds is 7. The lowest BCUT2D eigenvalue weighted by Gasteiger charge is -2.16. The van der Waals surface area contributed by atoms with Crippen molar-refractivity contribution < 1.29 is 14.3 Å². The molecule has 0 bridgehead atoms. The largest absolute Gasteiger partial charge is 0.441 e. The number of ether oxygens (including phenoxy) is 1. The molecule has 0 aliphatic heterocycles. The Morgan fingerprint density at radius 3 is 2.72 bits per heavy atom. The zero-order valence-electron chi connectivity index (χ0n) is 18.1. The van der Waals surface area contributed by atoms with E-state index < -0.39 is 12.2 Å². The van der Waals surface area contributed by atoms with Gasteiger partial charge in [-0.15, -0.1) is 11.5 Å². The zero-order chi connectivity index (χ0) is 23.7. The fourth-order valence-corrected chi connectivity index (χ4v) is 2.86. The van der Waals surface area contributed by atoms with Gasteiger partial charge in [0, 0.05) is 36.0 Å². The Morgan fingerprint density at radius 2 is 2.12 bits per heavy atom. The molecular formula is C21H24ClN7O3. The standard InChI is InChI=1S/C21H24ClN7O3/c1-6-8-9-16(13(3)22)14(4)32-21(31)26-19-18(27-28-29(19)5)15-10-11-17(24-12-15)25-20(30)23-7-2/h1,8-12,14H,7H2,2-5H3,(H,26,31)(H2,23,24,25,30)/b9-8-,16-13-/t14-/m1/s1. The van der Waals surface area contributed by atoms with Crippen molar-refractivity contribution in [2.24, 2.45) is 7.05 Å². The second-order valence-electron chi connectivity index (χ2n) is 6.49. The maximum atomic E-state index is 12.5. The lowest BCUT2D eigenvalue weighted by molar-refractivity contribution is 0.138. The van der Waals surface area contributed by atoms with Gasteiger partial charge < -0.3 is 10.1 Å². The average Bonchev–Trinajstić information content (AvgIpc) is 3.09. The van der Waals surface area contributed by atoms with E-state index in [9.17, 15) is 9.59 Å². The monoisotopic (exact) mass is 457 g/mol. The molecule has 0 aliphatic rings. The summed E-state index contributed by atoms with van der Waals surface area (Å²) >= 11 is 6.08. The number of carbonyl (C=O) groups is 2. The van der Waals surface area contributed by atoms with E-state index in [1.54, 1.807) is 39.1 Å². The van der Waals surface area contributed by atoms with E-state index in [0.29, 0.717) is 40.0 Å². The molecule has 168 valence electrons. The van der Waals surface area contributed by atoms with E-state index >= 15 is 0 Å². The third kappa shape index (κ3) is 6.58. The highest BCUT2D eigenvalue weighted by atomic mass is 35.5. The highest BCUT2D eigenvalue weighted by molar-refractivity contribution is 6.29. The van der Waals surface area contributed by atoms with Crippen molar-refractivity contribution in [1.29, 1.82) is 0 Å². The quantitative estimate of drug-likeness (QED) is 0.430. The number of aromatic nitrogens is 4. The third-order valence-electron chi connectivity index (χ3n) is 4.14. The number of urea groups is 1. The van der Waals surface area contributed by atoms with Gasteiger partial charge in [0.25, 0.3) is 0 Å². The number of allylic oxidation sites excluding steroid dienone is 2. The Bertz CT molecular complexity index is 1060. The predicted molar refractivity (Wildman–Crippen MR) is 123 cm³/mol. The molecule has 0 aromatic carbocycles. The van der Waals surface area contributed by atoms with Crippen LogP contribution in [0.5, 0.6) is 0 Å². The molecular weight excluding hydrogens is 434 g/mol. The van der Waals surface area contributed by atoms with Gasteiger partial charge in [0.15, 0.2) is 5.82 Å². The molecule has 2 rings (SSSR count). The van der Waals surface area contributed by atoms with Crippen molar-refractivity contribution in [2.45, 2.75) is 26.9 Å². The molecule has 11 heteroatoms. The molecule has 0 aliphatic carbocycles. The zero-order valence-corrected chi connectivity index (χ0v) is 18.9. The summed E-state index contributed by atoms with van der Waals surface area (Å²) in [4.78, 5) is 28.3. The highest BCUT2D eigenvalue weighted by Gasteiger charge is 2.20. The van der Waals surface area contributed by atoms with Gasteiger partial charge in [-0.2, -0.15) is 0 Å². The second-order valence-corrected chi connectivity index (χ2v) is 7.06. The van der Waals surface area contributed by atoms with Gasteiger partial charge in [0.05, 0.1) is 0 Å². The Kier molecular flexibility index (Phi) is 8.80. The summed E-state index contributed by atoms with van der Waals surface area (Å²) in [7, 11) is 1.62. The molecule has 10 nitrogen and oxygen atoms in total. The van der Waals surface area contributed by atoms with Gasteiger partial charge in [-0.1, -0.05) is 22.7 Å². The molecule has 0 saturated carbocycles. The Morgan fingerprint density at radius 1 is 1.38 bits per heavy atom. The third-order valence-corrected chi connectivity index (χ3v) is 4.36. The van der Waals surface area contributed by atoms with Gasteiger partial charge in [0.2, 0.25) is 0 Å². The van der Waals surface area contributed by atoms with Crippen LogP contribution in [0.2, 0.25) is 0 Å². The molecule has 3 N–H and O–H groups in total. The summed E-state index contributed by atoms with van der Waals surface area (Å²) in [6.07, 6.45) is 8.45. The van der Waals surface area contributed by atoms with Crippen LogP contribution in [0.4, 0.5) is 21.2 Å². The summed E-state index contributed by atoms with van der Waals surface area (Å²) in [5.74, 6) is 3.04. The molecule has 1 atom stereocenters. The van der Waals surface area contributed by atoms with E-state index in [0.717, 1.165) is 0 Å². The molecule has 2 aromatic heterocycles. The van der Waals surface area contributed by atoms with Crippen LogP contribution in [0.1, 0.15) is 20.8 Å². The van der Waals surface area contributed by atoms with Crippen molar-refractivity contribution in [2.75, 3.05) is 17.2 Å². The van der Waals surface area contributed by atoms with Crippen LogP contribution in [0.15, 0.2) is 41.1 Å². The fraction of sp³-hybridized carbons (Fsp3) is 0.286. The normalized spacial score (nSPS) is 12.5. The molecule has 0 radical (unpaired) electrons. The number of halogens is 1. The van der Waals surface area contributed by atoms with Gasteiger partial charge in [-0.25, -0.2) is 19.3 Å². The number of nitrogens with one attached hydrogen (secondary N) is 3.